The van der Waals surface area contributed by atoms with Crippen LogP contribution in [0.25, 0.3) is 0 Å². The second kappa shape index (κ2) is 11.3. The molecule has 7 heteroatoms. The second-order valence-corrected chi connectivity index (χ2v) is 14.5. The highest BCUT2D eigenvalue weighted by Gasteiger charge is 2.68. The lowest BCUT2D eigenvalue weighted by Crippen LogP contribution is -3.00. The molecule has 2 heterocycles. The van der Waals surface area contributed by atoms with Crippen molar-refractivity contribution in [2.45, 2.75) is 103 Å². The molecule has 2 saturated heterocycles. The maximum absolute atomic E-state index is 12.5. The average molecular weight is 610 g/mol. The number of aliphatic hydroxyl groups is 1. The number of hydrogen-bond donors (Lipinski definition) is 1. The van der Waals surface area contributed by atoms with Crippen molar-refractivity contribution in [2.75, 3.05) is 45.9 Å². The van der Waals surface area contributed by atoms with Crippen molar-refractivity contribution in [1.29, 1.82) is 0 Å². The highest BCUT2D eigenvalue weighted by atomic mass is 79.9. The van der Waals surface area contributed by atoms with Crippen LogP contribution < -0.4 is 17.0 Å². The van der Waals surface area contributed by atoms with Crippen molar-refractivity contribution in [2.24, 2.45) is 34.5 Å². The molecule has 0 unspecified atom stereocenters. The van der Waals surface area contributed by atoms with Gasteiger partial charge in [-0.25, -0.2) is 0 Å². The summed E-state index contributed by atoms with van der Waals surface area (Å²) in [4.78, 5) is 15.1. The minimum atomic E-state index is -0.209. The summed E-state index contributed by atoms with van der Waals surface area (Å²) in [5, 5.41) is 11.3. The molecule has 222 valence electrons. The van der Waals surface area contributed by atoms with Crippen LogP contribution in [0.15, 0.2) is 12.7 Å². The van der Waals surface area contributed by atoms with E-state index in [9.17, 15) is 9.90 Å². The third-order valence-electron chi connectivity index (χ3n) is 13.1. The van der Waals surface area contributed by atoms with Gasteiger partial charge in [0.25, 0.3) is 0 Å². The van der Waals surface area contributed by atoms with E-state index in [1.807, 2.05) is 0 Å². The van der Waals surface area contributed by atoms with Crippen LogP contribution in [0, 0.1) is 34.5 Å². The number of morpholine rings is 1. The van der Waals surface area contributed by atoms with Crippen LogP contribution in [-0.4, -0.2) is 90.7 Å². The topological polar surface area (TPSA) is 59.0 Å². The van der Waals surface area contributed by atoms with Crippen LogP contribution in [0.1, 0.15) is 78.6 Å². The van der Waals surface area contributed by atoms with Gasteiger partial charge in [0.05, 0.1) is 39.0 Å². The van der Waals surface area contributed by atoms with E-state index in [4.69, 9.17) is 9.47 Å². The molecule has 0 radical (unpaired) electrons. The zero-order chi connectivity index (χ0) is 26.7. The summed E-state index contributed by atoms with van der Waals surface area (Å²) in [5.74, 6) is 2.48. The Hall–Kier alpha value is -0.470. The van der Waals surface area contributed by atoms with E-state index < -0.39 is 0 Å². The van der Waals surface area contributed by atoms with Gasteiger partial charge in [-0.2, -0.15) is 0 Å². The molecule has 4 aliphatic carbocycles. The van der Waals surface area contributed by atoms with Gasteiger partial charge in [-0.15, -0.1) is 0 Å². The molecular weight excluding hydrogens is 556 g/mol. The minimum absolute atomic E-state index is 0. The van der Waals surface area contributed by atoms with Crippen LogP contribution in [0.4, 0.5) is 0 Å². The van der Waals surface area contributed by atoms with Crippen molar-refractivity contribution in [3.05, 3.63) is 12.7 Å². The van der Waals surface area contributed by atoms with Crippen molar-refractivity contribution in [3.63, 3.8) is 0 Å². The number of fused-ring (bicyclic) bond motifs is 5. The Morgan fingerprint density at radius 2 is 1.74 bits per heavy atom. The Kier molecular flexibility index (Phi) is 8.70. The Balaban J connectivity index is 0.00000308. The molecule has 6 nitrogen and oxygen atoms in total. The molecule has 6 fully saturated rings. The van der Waals surface area contributed by atoms with E-state index >= 15 is 0 Å². The van der Waals surface area contributed by atoms with Gasteiger partial charge in [0, 0.05) is 50.7 Å². The lowest BCUT2D eigenvalue weighted by Gasteiger charge is -2.63. The van der Waals surface area contributed by atoms with Crippen LogP contribution in [0.5, 0.6) is 0 Å². The fourth-order valence-corrected chi connectivity index (χ4v) is 11.4. The highest BCUT2D eigenvalue weighted by Crippen LogP contribution is 2.67. The Labute approximate surface area is 247 Å². The molecule has 0 spiro atoms. The van der Waals surface area contributed by atoms with Crippen molar-refractivity contribution in [1.82, 2.24) is 4.90 Å². The Morgan fingerprint density at radius 3 is 2.41 bits per heavy atom. The third kappa shape index (κ3) is 4.78. The Bertz CT molecular complexity index is 905. The van der Waals surface area contributed by atoms with Gasteiger partial charge in [0.15, 0.2) is 6.10 Å². The van der Waals surface area contributed by atoms with E-state index in [0.717, 1.165) is 56.6 Å². The third-order valence-corrected chi connectivity index (χ3v) is 13.1. The molecule has 6 rings (SSSR count). The predicted molar refractivity (Wildman–Crippen MR) is 148 cm³/mol. The number of esters is 1. The molecule has 2 aliphatic heterocycles. The number of carbonyl (C=O) groups excluding carboxylic acids is 1. The summed E-state index contributed by atoms with van der Waals surface area (Å²) >= 11 is 0. The van der Waals surface area contributed by atoms with Crippen molar-refractivity contribution < 1.29 is 40.8 Å². The van der Waals surface area contributed by atoms with Gasteiger partial charge in [-0.05, 0) is 73.7 Å². The van der Waals surface area contributed by atoms with E-state index in [1.165, 1.54) is 51.6 Å². The van der Waals surface area contributed by atoms with Crippen LogP contribution >= 0.6 is 0 Å². The van der Waals surface area contributed by atoms with Crippen LogP contribution in [-0.2, 0) is 14.3 Å². The summed E-state index contributed by atoms with van der Waals surface area (Å²) in [5.41, 5.74) is 0.343. The summed E-state index contributed by atoms with van der Waals surface area (Å²) in [6, 6.07) is 0.677. The van der Waals surface area contributed by atoms with E-state index in [2.05, 4.69) is 31.4 Å². The highest BCUT2D eigenvalue weighted by molar-refractivity contribution is 5.66. The number of carbonyl (C=O) groups is 1. The molecule has 39 heavy (non-hydrogen) atoms. The number of hydrogen-bond acceptors (Lipinski definition) is 5. The predicted octanol–water partition coefficient (Wildman–Crippen LogP) is 1.41. The molecule has 0 bridgehead atoms. The van der Waals surface area contributed by atoms with Crippen LogP contribution in [0.2, 0.25) is 0 Å². The number of nitrogens with zero attached hydrogens (tertiary/aromatic N) is 2. The minimum Gasteiger partial charge on any atom is -1.00 e. The quantitative estimate of drug-likeness (QED) is 0.291. The number of halogens is 1. The van der Waals surface area contributed by atoms with E-state index in [1.54, 1.807) is 6.92 Å². The molecule has 0 aromatic heterocycles. The molecule has 1 N–H and O–H groups in total. The number of likely N-dealkylation sites (tertiary alicyclic amines) is 1. The second-order valence-electron chi connectivity index (χ2n) is 14.5. The summed E-state index contributed by atoms with van der Waals surface area (Å²) in [6.07, 6.45) is 12.6. The van der Waals surface area contributed by atoms with Gasteiger partial charge in [-0.3, -0.25) is 9.69 Å². The smallest absolute Gasteiger partial charge is 0.303 e. The number of ether oxygens (including phenoxy) is 2. The first-order chi connectivity index (χ1) is 18.2. The Morgan fingerprint density at radius 1 is 1.05 bits per heavy atom. The standard InChI is InChI=1S/C32H53N2O4.BrH/c1-5-16-34(17-6-7-18-34)27-21-26-23-8-9-25-29(33-14-19-37-20-15-33)28(36)11-13-31(25,3)24(23)10-12-32(26,4)30(27)38-22(2)35;/h5,23-30,36H,1,6-21H2,2-4H3;1H/q+1;/p-1/t23-,24+,25+,26+,27+,28-,29-,30+,31-,32+;/m1./s1. The number of rotatable bonds is 5. The average Bonchev–Trinajstić information content (AvgIpc) is 3.48. The van der Waals surface area contributed by atoms with Gasteiger partial charge in [0.1, 0.15) is 6.04 Å². The lowest BCUT2D eigenvalue weighted by molar-refractivity contribution is -0.937. The van der Waals surface area contributed by atoms with E-state index in [-0.39, 0.29) is 52.0 Å². The maximum atomic E-state index is 12.5. The van der Waals surface area contributed by atoms with Crippen LogP contribution in [0.3, 0.4) is 0 Å². The molecule has 0 amide bonds. The van der Waals surface area contributed by atoms with Gasteiger partial charge >= 0.3 is 5.97 Å². The van der Waals surface area contributed by atoms with Gasteiger partial charge in [-0.1, -0.05) is 20.4 Å². The zero-order valence-electron chi connectivity index (χ0n) is 24.7. The number of aliphatic hydroxyl groups excluding tert-OH is 1. The molecule has 6 aliphatic rings. The summed E-state index contributed by atoms with van der Waals surface area (Å²) < 4.78 is 13.1. The fourth-order valence-electron chi connectivity index (χ4n) is 11.4. The van der Waals surface area contributed by atoms with Gasteiger partial charge in [0.2, 0.25) is 0 Å². The summed E-state index contributed by atoms with van der Waals surface area (Å²) in [6.45, 7) is 17.7. The zero-order valence-corrected chi connectivity index (χ0v) is 26.2. The number of quaternary nitrogens is 1. The molecular formula is C32H53BrN2O4. The van der Waals surface area contributed by atoms with Crippen molar-refractivity contribution >= 4 is 5.97 Å². The lowest BCUT2D eigenvalue weighted by atomic mass is 9.44. The largest absolute Gasteiger partial charge is 1.00 e. The first kappa shape index (κ1) is 30.0. The normalized spacial score (nSPS) is 47.3. The van der Waals surface area contributed by atoms with Crippen molar-refractivity contribution in [3.8, 4) is 0 Å². The molecule has 0 aromatic carbocycles. The summed E-state index contributed by atoms with van der Waals surface area (Å²) in [7, 11) is 0. The molecule has 0 aromatic rings. The first-order valence-electron chi connectivity index (χ1n) is 15.9. The first-order valence-corrected chi connectivity index (χ1v) is 15.9. The molecule has 4 saturated carbocycles. The van der Waals surface area contributed by atoms with E-state index in [0.29, 0.717) is 29.7 Å². The van der Waals surface area contributed by atoms with Gasteiger partial charge < -0.3 is 36.0 Å². The molecule has 10 atom stereocenters. The monoisotopic (exact) mass is 608 g/mol. The maximum Gasteiger partial charge on any atom is 0.303 e. The fraction of sp³-hybridized carbons (Fsp3) is 0.906. The SMILES string of the molecule is C=CC[N+]1([C@H]2C[C@H]3[C@@H]4CC[C@H]5[C@@H](N6CCOCC6)[C@H](O)CC[C@]5(C)[C@H]4CC[C@]3(C)[C@H]2OC(C)=O)CCCC1.[Br-].